The van der Waals surface area contributed by atoms with Crippen LogP contribution >= 0.6 is 0 Å². The van der Waals surface area contributed by atoms with Gasteiger partial charge in [0.15, 0.2) is 0 Å². The summed E-state index contributed by atoms with van der Waals surface area (Å²) in [6.45, 7) is 3.97. The molecule has 92 valence electrons. The minimum atomic E-state index is -0.126. The summed E-state index contributed by atoms with van der Waals surface area (Å²) in [4.78, 5) is 2.49. The van der Waals surface area contributed by atoms with Crippen molar-refractivity contribution in [2.45, 2.75) is 25.1 Å². The summed E-state index contributed by atoms with van der Waals surface area (Å²) in [5.41, 5.74) is 1.38. The van der Waals surface area contributed by atoms with Gasteiger partial charge in [0.1, 0.15) is 0 Å². The second-order valence-electron chi connectivity index (χ2n) is 5.26. The third kappa shape index (κ3) is 2.37. The fourth-order valence-electron chi connectivity index (χ4n) is 3.12. The molecule has 0 radical (unpaired) electrons. The van der Waals surface area contributed by atoms with Crippen molar-refractivity contribution in [3.8, 4) is 0 Å². The van der Waals surface area contributed by atoms with Gasteiger partial charge in [0.25, 0.3) is 0 Å². The monoisotopic (exact) mass is 232 g/mol. The third-order valence-electron chi connectivity index (χ3n) is 4.08. The minimum absolute atomic E-state index is 0.126. The van der Waals surface area contributed by atoms with Crippen molar-refractivity contribution in [2.75, 3.05) is 19.6 Å². The Morgan fingerprint density at radius 3 is 2.94 bits per heavy atom. The molecule has 0 aromatic heterocycles. The van der Waals surface area contributed by atoms with Crippen molar-refractivity contribution in [1.82, 2.24) is 10.2 Å². The first kappa shape index (κ1) is 11.2. The normalized spacial score (nSPS) is 33.6. The molecule has 17 heavy (non-hydrogen) atoms. The number of nitrogens with zero attached hydrogens (tertiary/aromatic N) is 1. The lowest BCUT2D eigenvalue weighted by atomic mass is 9.90. The highest BCUT2D eigenvalue weighted by Crippen LogP contribution is 2.26. The van der Waals surface area contributed by atoms with Gasteiger partial charge in [-0.1, -0.05) is 30.3 Å². The number of fused-ring (bicyclic) bond motifs is 1. The molecule has 2 saturated heterocycles. The molecule has 3 unspecified atom stereocenters. The van der Waals surface area contributed by atoms with E-state index in [2.05, 4.69) is 40.5 Å². The number of piperidine rings is 1. The second kappa shape index (κ2) is 4.77. The van der Waals surface area contributed by atoms with Gasteiger partial charge in [-0.15, -0.1) is 0 Å². The molecule has 2 fully saturated rings. The Balaban J connectivity index is 1.60. The number of β-amino-alcohol motifs (C(OH)–C–C–N with tert-alkyl or cyclic N) is 1. The van der Waals surface area contributed by atoms with Gasteiger partial charge in [-0.3, -0.25) is 4.90 Å². The van der Waals surface area contributed by atoms with Gasteiger partial charge in [-0.25, -0.2) is 0 Å². The first-order valence-electron chi connectivity index (χ1n) is 6.50. The van der Waals surface area contributed by atoms with Gasteiger partial charge in [0.2, 0.25) is 0 Å². The van der Waals surface area contributed by atoms with E-state index in [0.29, 0.717) is 12.0 Å². The van der Waals surface area contributed by atoms with Crippen LogP contribution in [-0.4, -0.2) is 41.8 Å². The lowest BCUT2D eigenvalue weighted by Gasteiger charge is -2.35. The summed E-state index contributed by atoms with van der Waals surface area (Å²) in [6.07, 6.45) is 0.991. The number of rotatable bonds is 2. The number of aliphatic hydroxyl groups excluding tert-OH is 1. The highest BCUT2D eigenvalue weighted by atomic mass is 16.3. The van der Waals surface area contributed by atoms with Crippen molar-refractivity contribution in [1.29, 1.82) is 0 Å². The van der Waals surface area contributed by atoms with Gasteiger partial charge in [0.05, 0.1) is 6.10 Å². The number of likely N-dealkylation sites (tertiary alicyclic amines) is 1. The predicted octanol–water partition coefficient (Wildman–Crippen LogP) is 0.841. The fourth-order valence-corrected chi connectivity index (χ4v) is 3.12. The molecule has 3 rings (SSSR count). The summed E-state index contributed by atoms with van der Waals surface area (Å²) in [5, 5.41) is 13.3. The molecular weight excluding hydrogens is 212 g/mol. The largest absolute Gasteiger partial charge is 0.391 e. The SMILES string of the molecule is OC1CNC2CN(Cc3ccccc3)CCC12. The van der Waals surface area contributed by atoms with E-state index < -0.39 is 0 Å². The van der Waals surface area contributed by atoms with Crippen LogP contribution in [0.3, 0.4) is 0 Å². The molecule has 0 amide bonds. The lowest BCUT2D eigenvalue weighted by Crippen LogP contribution is -2.46. The number of benzene rings is 1. The highest BCUT2D eigenvalue weighted by Gasteiger charge is 2.38. The molecule has 3 heteroatoms. The van der Waals surface area contributed by atoms with Crippen LogP contribution in [0.2, 0.25) is 0 Å². The Labute approximate surface area is 102 Å². The highest BCUT2D eigenvalue weighted by molar-refractivity contribution is 5.14. The molecule has 1 aromatic rings. The summed E-state index contributed by atoms with van der Waals surface area (Å²) in [7, 11) is 0. The summed E-state index contributed by atoms with van der Waals surface area (Å²) < 4.78 is 0. The van der Waals surface area contributed by atoms with Crippen LogP contribution in [0.5, 0.6) is 0 Å². The molecule has 0 saturated carbocycles. The maximum atomic E-state index is 9.82. The van der Waals surface area contributed by atoms with Gasteiger partial charge in [-0.05, 0) is 18.5 Å². The maximum Gasteiger partial charge on any atom is 0.0708 e. The van der Waals surface area contributed by atoms with E-state index in [1.165, 1.54) is 5.56 Å². The van der Waals surface area contributed by atoms with Crippen molar-refractivity contribution < 1.29 is 5.11 Å². The van der Waals surface area contributed by atoms with Crippen LogP contribution in [0.4, 0.5) is 0 Å². The van der Waals surface area contributed by atoms with E-state index in [9.17, 15) is 5.11 Å². The molecule has 3 nitrogen and oxygen atoms in total. The summed E-state index contributed by atoms with van der Waals surface area (Å²) >= 11 is 0. The van der Waals surface area contributed by atoms with Gasteiger partial charge in [0, 0.05) is 31.6 Å². The zero-order valence-electron chi connectivity index (χ0n) is 10.0. The van der Waals surface area contributed by atoms with Crippen LogP contribution in [-0.2, 0) is 6.54 Å². The van der Waals surface area contributed by atoms with Gasteiger partial charge < -0.3 is 10.4 Å². The molecule has 0 spiro atoms. The van der Waals surface area contributed by atoms with E-state index in [4.69, 9.17) is 0 Å². The van der Waals surface area contributed by atoms with Crippen LogP contribution in [0.25, 0.3) is 0 Å². The second-order valence-corrected chi connectivity index (χ2v) is 5.26. The van der Waals surface area contributed by atoms with Crippen LogP contribution in [0, 0.1) is 5.92 Å². The quantitative estimate of drug-likeness (QED) is 0.793. The van der Waals surface area contributed by atoms with Crippen molar-refractivity contribution in [3.05, 3.63) is 35.9 Å². The average Bonchev–Trinajstić information content (AvgIpc) is 2.72. The molecule has 2 heterocycles. The lowest BCUT2D eigenvalue weighted by molar-refractivity contribution is 0.0842. The van der Waals surface area contributed by atoms with Crippen LogP contribution in [0.15, 0.2) is 30.3 Å². The fraction of sp³-hybridized carbons (Fsp3) is 0.571. The Hall–Kier alpha value is -0.900. The summed E-state index contributed by atoms with van der Waals surface area (Å²) in [6, 6.07) is 11.1. The van der Waals surface area contributed by atoms with Gasteiger partial charge in [-0.2, -0.15) is 0 Å². The Morgan fingerprint density at radius 1 is 1.29 bits per heavy atom. The van der Waals surface area contributed by atoms with E-state index in [1.807, 2.05) is 0 Å². The zero-order valence-corrected chi connectivity index (χ0v) is 10.0. The molecule has 2 aliphatic heterocycles. The summed E-state index contributed by atoms with van der Waals surface area (Å²) in [5.74, 6) is 0.474. The molecule has 2 N–H and O–H groups in total. The Kier molecular flexibility index (Phi) is 3.14. The molecule has 3 atom stereocenters. The first-order chi connectivity index (χ1) is 8.33. The number of nitrogens with one attached hydrogen (secondary N) is 1. The molecule has 2 aliphatic rings. The predicted molar refractivity (Wildman–Crippen MR) is 67.6 cm³/mol. The first-order valence-corrected chi connectivity index (χ1v) is 6.50. The Bertz CT molecular complexity index is 368. The zero-order chi connectivity index (χ0) is 11.7. The molecular formula is C14H20N2O. The van der Waals surface area contributed by atoms with E-state index in [1.54, 1.807) is 0 Å². The minimum Gasteiger partial charge on any atom is -0.391 e. The average molecular weight is 232 g/mol. The molecule has 0 aliphatic carbocycles. The Morgan fingerprint density at radius 2 is 2.12 bits per heavy atom. The van der Waals surface area contributed by atoms with Crippen LogP contribution < -0.4 is 5.32 Å². The number of aliphatic hydroxyl groups is 1. The van der Waals surface area contributed by atoms with Crippen molar-refractivity contribution in [3.63, 3.8) is 0 Å². The van der Waals surface area contributed by atoms with Crippen molar-refractivity contribution >= 4 is 0 Å². The molecule has 0 bridgehead atoms. The standard InChI is InChI=1S/C14H20N2O/c17-14-8-15-13-10-16(7-6-12(13)14)9-11-4-2-1-3-5-11/h1-5,12-15,17H,6-10H2. The maximum absolute atomic E-state index is 9.82. The number of hydrogen-bond acceptors (Lipinski definition) is 3. The smallest absolute Gasteiger partial charge is 0.0708 e. The van der Waals surface area contributed by atoms with Crippen LogP contribution in [0.1, 0.15) is 12.0 Å². The topological polar surface area (TPSA) is 35.5 Å². The number of hydrogen-bond donors (Lipinski definition) is 2. The van der Waals surface area contributed by atoms with E-state index >= 15 is 0 Å². The third-order valence-corrected chi connectivity index (χ3v) is 4.08. The van der Waals surface area contributed by atoms with Gasteiger partial charge >= 0.3 is 0 Å². The van der Waals surface area contributed by atoms with E-state index in [0.717, 1.165) is 32.6 Å². The van der Waals surface area contributed by atoms with E-state index in [-0.39, 0.29) is 6.10 Å². The molecule has 1 aromatic carbocycles. The van der Waals surface area contributed by atoms with Crippen molar-refractivity contribution in [2.24, 2.45) is 5.92 Å².